The summed E-state index contributed by atoms with van der Waals surface area (Å²) in [5.41, 5.74) is 3.21. The van der Waals surface area contributed by atoms with Crippen LogP contribution >= 0.6 is 11.3 Å². The summed E-state index contributed by atoms with van der Waals surface area (Å²) in [7, 11) is 0. The molecular weight excluding hydrogens is 505 g/mol. The van der Waals surface area contributed by atoms with E-state index in [4.69, 9.17) is 0 Å². The van der Waals surface area contributed by atoms with E-state index >= 15 is 0 Å². The fourth-order valence-electron chi connectivity index (χ4n) is 0.720. The summed E-state index contributed by atoms with van der Waals surface area (Å²) in [5.74, 6) is 0. The van der Waals surface area contributed by atoms with Gasteiger partial charge in [-0.15, -0.1) is 0 Å². The van der Waals surface area contributed by atoms with Crippen LogP contribution in [0.5, 0.6) is 0 Å². The molecule has 0 aromatic carbocycles. The number of hydrogen-bond acceptors (Lipinski definition) is 1. The van der Waals surface area contributed by atoms with E-state index in [0.29, 0.717) is 0 Å². The van der Waals surface area contributed by atoms with Crippen LogP contribution in [0.25, 0.3) is 0 Å². The van der Waals surface area contributed by atoms with Gasteiger partial charge in [0, 0.05) is 0 Å². The first-order valence-corrected chi connectivity index (χ1v) is 9.18. The SMILES string of the molecule is Cc1[c]([Hg])s[c]([Hg])c1C. The van der Waals surface area contributed by atoms with Crippen molar-refractivity contribution in [3.63, 3.8) is 0 Å². The zero-order valence-corrected chi connectivity index (χ0v) is 17.6. The number of hydrogen-bond donors (Lipinski definition) is 0. The predicted octanol–water partition coefficient (Wildman–Crippen LogP) is 0.709. The molecule has 0 aliphatic rings. The molecule has 0 saturated heterocycles. The van der Waals surface area contributed by atoms with Gasteiger partial charge in [-0.2, -0.15) is 0 Å². The summed E-state index contributed by atoms with van der Waals surface area (Å²) in [6.07, 6.45) is 0. The molecule has 1 heterocycles. The average molecular weight is 511 g/mol. The van der Waals surface area contributed by atoms with Crippen LogP contribution < -0.4 is 4.77 Å². The zero-order chi connectivity index (χ0) is 7.02. The van der Waals surface area contributed by atoms with Crippen molar-refractivity contribution < 1.29 is 52.2 Å². The molecule has 1 rings (SSSR count). The van der Waals surface area contributed by atoms with Crippen molar-refractivity contribution in [3.8, 4) is 0 Å². The van der Waals surface area contributed by atoms with Crippen molar-refractivity contribution in [2.24, 2.45) is 0 Å². The Labute approximate surface area is 92.0 Å². The van der Waals surface area contributed by atoms with Crippen LogP contribution in [0.15, 0.2) is 0 Å². The van der Waals surface area contributed by atoms with E-state index in [1.807, 2.05) is 0 Å². The van der Waals surface area contributed by atoms with Crippen LogP contribution in [0, 0.1) is 13.8 Å². The molecule has 0 aliphatic heterocycles. The molecule has 1 aromatic rings. The van der Waals surface area contributed by atoms with Crippen molar-refractivity contribution in [2.75, 3.05) is 0 Å². The quantitative estimate of drug-likeness (QED) is 0.451. The molecule has 0 amide bonds. The summed E-state index contributed by atoms with van der Waals surface area (Å²) in [4.78, 5) is 0. The molecule has 9 heavy (non-hydrogen) atoms. The second kappa shape index (κ2) is 3.31. The van der Waals surface area contributed by atoms with Gasteiger partial charge < -0.3 is 0 Å². The fraction of sp³-hybridized carbons (Fsp3) is 0.333. The van der Waals surface area contributed by atoms with Gasteiger partial charge in [0.1, 0.15) is 0 Å². The molecular formula is C6H6Hg2S. The first kappa shape index (κ1) is 8.66. The Morgan fingerprint density at radius 2 is 1.33 bits per heavy atom. The molecule has 0 spiro atoms. The van der Waals surface area contributed by atoms with Crippen molar-refractivity contribution >= 4 is 16.1 Å². The first-order valence-electron chi connectivity index (χ1n) is 2.87. The molecule has 0 fully saturated rings. The molecule has 0 atom stereocenters. The van der Waals surface area contributed by atoms with Gasteiger partial charge in [0.15, 0.2) is 0 Å². The molecule has 0 bridgehead atoms. The van der Waals surface area contributed by atoms with Crippen molar-refractivity contribution in [1.82, 2.24) is 0 Å². The molecule has 0 nitrogen and oxygen atoms in total. The standard InChI is InChI=1S/C6H6S.2Hg/c1-5-3-7-4-6(5)2;;/h1-2H3;;. The minimum absolute atomic E-state index is 0.859. The maximum atomic E-state index is 2.27. The minimum atomic E-state index is 0.859. The van der Waals surface area contributed by atoms with Gasteiger partial charge in [0.25, 0.3) is 0 Å². The molecule has 40 valence electrons. The van der Waals surface area contributed by atoms with Crippen LogP contribution in [0.3, 0.4) is 0 Å². The van der Waals surface area contributed by atoms with Crippen LogP contribution in [0.2, 0.25) is 0 Å². The van der Waals surface area contributed by atoms with Crippen LogP contribution in [0.1, 0.15) is 11.1 Å². The van der Waals surface area contributed by atoms with E-state index in [9.17, 15) is 0 Å². The van der Waals surface area contributed by atoms with E-state index < -0.39 is 0 Å². The molecule has 3 heteroatoms. The third-order valence-corrected chi connectivity index (χ3v) is 10.2. The van der Waals surface area contributed by atoms with Gasteiger partial charge in [0.2, 0.25) is 0 Å². The van der Waals surface area contributed by atoms with Gasteiger partial charge in [-0.25, -0.2) is 0 Å². The predicted molar refractivity (Wildman–Crippen MR) is 33.1 cm³/mol. The Morgan fingerprint density at radius 3 is 1.44 bits per heavy atom. The Kier molecular flexibility index (Phi) is 3.19. The fourth-order valence-corrected chi connectivity index (χ4v) is 17.0. The van der Waals surface area contributed by atoms with E-state index in [2.05, 4.69) is 25.2 Å². The van der Waals surface area contributed by atoms with E-state index in [0.717, 1.165) is 52.2 Å². The number of rotatable bonds is 0. The molecule has 0 radical (unpaired) electrons. The summed E-state index contributed by atoms with van der Waals surface area (Å²) in [6, 6.07) is 0. The third-order valence-electron chi connectivity index (χ3n) is 1.65. The van der Waals surface area contributed by atoms with Gasteiger partial charge in [-0.05, 0) is 0 Å². The summed E-state index contributed by atoms with van der Waals surface area (Å²) in [6.45, 7) is 4.54. The van der Waals surface area contributed by atoms with Crippen molar-refractivity contribution in [3.05, 3.63) is 11.1 Å². The van der Waals surface area contributed by atoms with E-state index in [-0.39, 0.29) is 0 Å². The Morgan fingerprint density at radius 1 is 1.00 bits per heavy atom. The average Bonchev–Trinajstić information content (AvgIpc) is 1.98. The third kappa shape index (κ3) is 1.78. The topological polar surface area (TPSA) is 0 Å². The number of thiophene rings is 1. The van der Waals surface area contributed by atoms with E-state index in [1.54, 1.807) is 15.9 Å². The Balaban J connectivity index is 3.29. The second-order valence-electron chi connectivity index (χ2n) is 2.20. The van der Waals surface area contributed by atoms with Crippen LogP contribution in [-0.2, 0) is 52.2 Å². The summed E-state index contributed by atoms with van der Waals surface area (Å²) < 4.78 is 3.41. The first-order chi connectivity index (χ1) is 4.13. The van der Waals surface area contributed by atoms with Gasteiger partial charge in [0.05, 0.1) is 0 Å². The molecule has 0 aliphatic carbocycles. The van der Waals surface area contributed by atoms with Crippen LogP contribution in [0.4, 0.5) is 0 Å². The molecule has 0 saturated carbocycles. The molecule has 0 unspecified atom stereocenters. The Hall–Kier alpha value is 1.57. The van der Waals surface area contributed by atoms with Crippen LogP contribution in [-0.4, -0.2) is 0 Å². The van der Waals surface area contributed by atoms with Gasteiger partial charge in [-0.3, -0.25) is 0 Å². The van der Waals surface area contributed by atoms with Gasteiger partial charge >= 0.3 is 93.3 Å². The monoisotopic (exact) mass is 514 g/mol. The normalized spacial score (nSPS) is 10.4. The molecule has 1 aromatic heterocycles. The van der Waals surface area contributed by atoms with Crippen molar-refractivity contribution in [1.29, 1.82) is 0 Å². The van der Waals surface area contributed by atoms with Gasteiger partial charge in [-0.1, -0.05) is 0 Å². The van der Waals surface area contributed by atoms with Crippen molar-refractivity contribution in [2.45, 2.75) is 13.8 Å². The maximum absolute atomic E-state index is 2.27. The summed E-state index contributed by atoms with van der Waals surface area (Å²) in [5, 5.41) is 0. The molecule has 0 N–H and O–H groups in total. The Bertz CT molecular complexity index is 205. The second-order valence-corrected chi connectivity index (χ2v) is 12.9. The zero-order valence-electron chi connectivity index (χ0n) is 5.82. The van der Waals surface area contributed by atoms with E-state index in [1.165, 1.54) is 0 Å². The summed E-state index contributed by atoms with van der Waals surface area (Å²) >= 11 is 3.79.